The zero-order valence-corrected chi connectivity index (χ0v) is 58.3. The van der Waals surface area contributed by atoms with Crippen molar-refractivity contribution in [2.24, 2.45) is 0 Å². The van der Waals surface area contributed by atoms with Gasteiger partial charge in [0.15, 0.2) is 0 Å². The molecule has 1 N–H and O–H groups in total. The molecular weight excluding hydrogens is 1140 g/mol. The maximum Gasteiger partial charge on any atom is 2.00 e. The fraction of sp³-hybridized carbons (Fsp3) is 0.346. The van der Waals surface area contributed by atoms with E-state index in [0.717, 1.165) is 98.6 Å². The Morgan fingerprint density at radius 2 is 0.843 bits per heavy atom. The molecule has 8 aromatic rings. The van der Waals surface area contributed by atoms with Gasteiger partial charge in [0.2, 0.25) is 0 Å². The second kappa shape index (κ2) is 27.1. The largest absolute Gasteiger partial charge is 2.00 e. The van der Waals surface area contributed by atoms with Crippen LogP contribution in [-0.4, -0.2) is 21.0 Å². The van der Waals surface area contributed by atoms with E-state index in [0.29, 0.717) is 22.3 Å². The summed E-state index contributed by atoms with van der Waals surface area (Å²) in [5, 5.41) is 9.77. The van der Waals surface area contributed by atoms with Crippen LogP contribution in [0.1, 0.15) is 226 Å². The summed E-state index contributed by atoms with van der Waals surface area (Å²) in [4.78, 5) is 37.2. The molecule has 0 radical (unpaired) electrons. The number of fused-ring (bicyclic) bond motifs is 8. The van der Waals surface area contributed by atoms with Gasteiger partial charge in [0, 0.05) is 22.5 Å². The second-order valence-electron chi connectivity index (χ2n) is 28.4. The van der Waals surface area contributed by atoms with E-state index in [4.69, 9.17) is 19.9 Å². The van der Waals surface area contributed by atoms with E-state index >= 15 is 0 Å². The van der Waals surface area contributed by atoms with Crippen molar-refractivity contribution < 1.29 is 29.4 Å². The number of carboxylic acid groups (broad SMARTS) is 1. The number of benzene rings is 5. The molecule has 8 bridgehead atoms. The molecule has 89 heavy (non-hydrogen) atoms. The fourth-order valence-corrected chi connectivity index (χ4v) is 11.7. The van der Waals surface area contributed by atoms with Crippen molar-refractivity contribution in [3.63, 3.8) is 0 Å². The number of carboxylic acids is 1. The summed E-state index contributed by atoms with van der Waals surface area (Å²) in [6, 6.07) is 47.6. The summed E-state index contributed by atoms with van der Waals surface area (Å²) in [5.74, 6) is 5.92. The summed E-state index contributed by atoms with van der Waals surface area (Å²) >= 11 is 0. The molecule has 452 valence electrons. The molecule has 2 aliphatic heterocycles. The van der Waals surface area contributed by atoms with Gasteiger partial charge in [0.05, 0.1) is 34.0 Å². The van der Waals surface area contributed by atoms with E-state index < -0.39 is 5.97 Å². The van der Waals surface area contributed by atoms with Crippen molar-refractivity contribution in [3.05, 3.63) is 206 Å². The minimum absolute atomic E-state index is 0. The Morgan fingerprint density at radius 3 is 1.27 bits per heavy atom. The van der Waals surface area contributed by atoms with Crippen LogP contribution in [-0.2, 0) is 54.0 Å². The smallest absolute Gasteiger partial charge is 0.656 e. The van der Waals surface area contributed by atoms with Gasteiger partial charge in [-0.05, 0) is 176 Å². The summed E-state index contributed by atoms with van der Waals surface area (Å²) in [6.45, 7) is 31.9. The third-order valence-electron chi connectivity index (χ3n) is 17.2. The Morgan fingerprint density at radius 1 is 0.449 bits per heavy atom. The summed E-state index contributed by atoms with van der Waals surface area (Å²) in [6.07, 6.45) is 20.2. The fourth-order valence-electron chi connectivity index (χ4n) is 11.7. The number of hydrogen-bond donors (Lipinski definition) is 1. The van der Waals surface area contributed by atoms with Crippen LogP contribution in [0.5, 0.6) is 0 Å². The molecule has 0 saturated carbocycles. The standard InChI is InChI=1S/C81H90N5O2.Zn/c1-15-17-19-21-23-53-27-34-63(35-28-53)86(64-36-29-54(30-37-64)24-22-20-18-16-2)76-72-45-43-70(84-72)74(57-47-59(78(3,4)5)51-60(48-57)79(6,7)8)68-41-39-66(82-68)65(38-31-55-25-32-56(33-26-55)77(87)88)67-40-42-69(83-67)75(71-44-46-73(76)85-71)58-49-61(80(9,10)11)52-62(50-58)81(12,13)14;/h25-30,32-37,39-52H,15-24H2,1-14H3,(H2-,82,83,84,85,87,88);/q-1;+2/p-1. The van der Waals surface area contributed by atoms with Crippen LogP contribution >= 0.6 is 0 Å². The van der Waals surface area contributed by atoms with Gasteiger partial charge >= 0.3 is 25.4 Å². The second-order valence-corrected chi connectivity index (χ2v) is 28.4. The van der Waals surface area contributed by atoms with Gasteiger partial charge in [-0.3, -0.25) is 0 Å². The maximum atomic E-state index is 11.9. The predicted molar refractivity (Wildman–Crippen MR) is 372 cm³/mol. The average Bonchev–Trinajstić information content (AvgIpc) is 2.06. The Kier molecular flexibility index (Phi) is 20.0. The van der Waals surface area contributed by atoms with Crippen molar-refractivity contribution in [1.29, 1.82) is 0 Å². The molecule has 10 rings (SSSR count). The van der Waals surface area contributed by atoms with Crippen molar-refractivity contribution in [3.8, 4) is 34.1 Å². The first-order valence-electron chi connectivity index (χ1n) is 32.1. The molecular formula is C81H89N5O2Zn. The van der Waals surface area contributed by atoms with E-state index in [9.17, 15) is 9.90 Å². The van der Waals surface area contributed by atoms with Gasteiger partial charge in [-0.1, -0.05) is 232 Å². The SMILES string of the molecule is CCCCCCc1ccc(N(c2ccc(CCCCCC)cc2)c2c3nc(c(-c4cc(C(C)(C)C)cc(C(C)(C)C)c4)c4ccc([n-]4)c(C#Cc4ccc(C(=O)O)cc4)c4nc(c(-c5cc(C(C)(C)C)cc(C(C)(C)C)c5)c5ccc2[n-]5)C=C4)C=C3)cc1.[Zn+2]. The number of unbranched alkanes of at least 4 members (excludes halogenated alkanes) is 6. The number of nitrogens with zero attached hydrogens (tertiary/aromatic N) is 5. The molecule has 0 aliphatic carbocycles. The third kappa shape index (κ3) is 15.3. The topological polar surface area (TPSA) is 94.5 Å². The number of aromatic nitrogens is 4. The molecule has 0 spiro atoms. The zero-order chi connectivity index (χ0) is 62.7. The van der Waals surface area contributed by atoms with Gasteiger partial charge in [-0.2, -0.15) is 0 Å². The number of hydrogen-bond acceptors (Lipinski definition) is 4. The van der Waals surface area contributed by atoms with Crippen LogP contribution < -0.4 is 14.9 Å². The van der Waals surface area contributed by atoms with Gasteiger partial charge in [-0.15, -0.1) is 22.1 Å². The van der Waals surface area contributed by atoms with Crippen LogP contribution in [0, 0.1) is 11.8 Å². The Labute approximate surface area is 543 Å². The molecule has 5 heterocycles. The molecule has 3 aromatic heterocycles. The van der Waals surface area contributed by atoms with E-state index in [1.54, 1.807) is 24.3 Å². The number of anilines is 3. The van der Waals surface area contributed by atoms with Gasteiger partial charge in [0.1, 0.15) is 0 Å². The monoisotopic (exact) mass is 1230 g/mol. The van der Waals surface area contributed by atoms with Crippen molar-refractivity contribution >= 4 is 69.4 Å². The van der Waals surface area contributed by atoms with E-state index in [1.165, 1.54) is 71.9 Å². The van der Waals surface area contributed by atoms with Crippen molar-refractivity contribution in [2.45, 2.75) is 183 Å². The number of carbonyl (C=O) groups is 1. The van der Waals surface area contributed by atoms with Crippen LogP contribution in [0.2, 0.25) is 0 Å². The van der Waals surface area contributed by atoms with Gasteiger partial charge in [-0.25, -0.2) is 14.8 Å². The minimum Gasteiger partial charge on any atom is -0.656 e. The van der Waals surface area contributed by atoms with Crippen LogP contribution in [0.15, 0.2) is 133 Å². The first kappa shape index (κ1) is 65.6. The summed E-state index contributed by atoms with van der Waals surface area (Å²) in [7, 11) is 0. The summed E-state index contributed by atoms with van der Waals surface area (Å²) in [5.41, 5.74) is 21.1. The maximum absolute atomic E-state index is 11.9. The molecule has 0 amide bonds. The molecule has 0 fully saturated rings. The van der Waals surface area contributed by atoms with Gasteiger partial charge in [0.25, 0.3) is 0 Å². The molecule has 8 heteroatoms. The molecule has 0 atom stereocenters. The molecule has 0 unspecified atom stereocenters. The van der Waals surface area contributed by atoms with Crippen LogP contribution in [0.25, 0.3) is 68.6 Å². The Hall–Kier alpha value is -7.85. The average molecular weight is 1230 g/mol. The van der Waals surface area contributed by atoms with Crippen molar-refractivity contribution in [1.82, 2.24) is 19.9 Å². The van der Waals surface area contributed by atoms with Gasteiger partial charge < -0.3 is 20.0 Å². The molecule has 7 nitrogen and oxygen atoms in total. The summed E-state index contributed by atoms with van der Waals surface area (Å²) < 4.78 is 0. The predicted octanol–water partition coefficient (Wildman–Crippen LogP) is 21.2. The number of aromatic carboxylic acids is 1. The van der Waals surface area contributed by atoms with Crippen LogP contribution in [0.3, 0.4) is 0 Å². The molecule has 0 saturated heterocycles. The van der Waals surface area contributed by atoms with E-state index in [2.05, 4.69) is 247 Å². The quantitative estimate of drug-likeness (QED) is 0.0585. The number of aryl methyl sites for hydroxylation is 2. The minimum atomic E-state index is -0.988. The zero-order valence-electron chi connectivity index (χ0n) is 55.4. The Bertz CT molecular complexity index is 3980. The first-order chi connectivity index (χ1) is 41.9. The molecule has 5 aromatic carbocycles. The third-order valence-corrected chi connectivity index (χ3v) is 17.2. The van der Waals surface area contributed by atoms with Crippen LogP contribution in [0.4, 0.5) is 17.1 Å². The van der Waals surface area contributed by atoms with E-state index in [1.807, 2.05) is 0 Å². The van der Waals surface area contributed by atoms with E-state index in [-0.39, 0.29) is 46.7 Å². The first-order valence-corrected chi connectivity index (χ1v) is 32.1. The normalized spacial score (nSPS) is 12.4. The molecule has 2 aliphatic rings. The number of rotatable bonds is 16. The van der Waals surface area contributed by atoms with Crippen molar-refractivity contribution in [2.75, 3.05) is 4.90 Å². The Balaban J connectivity index is 0.00000941.